The third kappa shape index (κ3) is 4.94. The van der Waals surface area contributed by atoms with Gasteiger partial charge in [-0.05, 0) is 55.7 Å². The topological polar surface area (TPSA) is 55.2 Å². The number of rotatable bonds is 9. The number of carbonyl (C=O) groups excluding carboxylic acids is 1. The smallest absolute Gasteiger partial charge is 0.266 e. The number of carbonyl (C=O) groups is 1. The molecule has 0 aliphatic carbocycles. The minimum Gasteiger partial charge on any atom is -0.329 e. The van der Waals surface area contributed by atoms with Crippen LogP contribution in [0.15, 0.2) is 77.6 Å². The second kappa shape index (κ2) is 11.3. The predicted octanol–water partition coefficient (Wildman–Crippen LogP) is 6.48. The highest BCUT2D eigenvalue weighted by molar-refractivity contribution is 5.94. The first-order valence-corrected chi connectivity index (χ1v) is 12.6. The highest BCUT2D eigenvalue weighted by Crippen LogP contribution is 2.27. The highest BCUT2D eigenvalue weighted by Gasteiger charge is 2.29. The number of amides is 1. The molecular formula is C30H32FN3O2. The SMILES string of the molecule is CCCCCN(C(=O)c1ccccc1F)C(C)c1nc2ccccc2c(=O)n1-c1ccccc1CC. The van der Waals surface area contributed by atoms with Gasteiger partial charge in [0, 0.05) is 6.54 Å². The van der Waals surface area contributed by atoms with Crippen LogP contribution in [-0.2, 0) is 6.42 Å². The lowest BCUT2D eigenvalue weighted by atomic mass is 10.1. The van der Waals surface area contributed by atoms with Gasteiger partial charge in [-0.25, -0.2) is 9.37 Å². The van der Waals surface area contributed by atoms with Gasteiger partial charge in [0.05, 0.1) is 28.2 Å². The average Bonchev–Trinajstić information content (AvgIpc) is 2.91. The van der Waals surface area contributed by atoms with E-state index in [1.54, 1.807) is 27.7 Å². The molecule has 0 fully saturated rings. The number of aryl methyl sites for hydroxylation is 1. The van der Waals surface area contributed by atoms with Crippen LogP contribution in [0.25, 0.3) is 16.6 Å². The molecule has 3 aromatic carbocycles. The third-order valence-corrected chi connectivity index (χ3v) is 6.62. The molecule has 0 bridgehead atoms. The standard InChI is InChI=1S/C30H32FN3O2/c1-4-6-13-20-33(29(35)23-15-8-10-17-25(23)31)21(3)28-32-26-18-11-9-16-24(26)30(36)34(28)27-19-12-7-14-22(27)5-2/h7-12,14-19,21H,4-6,13,20H2,1-3H3. The van der Waals surface area contributed by atoms with Crippen LogP contribution in [0.1, 0.15) is 67.8 Å². The molecule has 1 unspecified atom stereocenters. The Hall–Kier alpha value is -3.80. The Labute approximate surface area is 211 Å². The van der Waals surface area contributed by atoms with Gasteiger partial charge in [-0.2, -0.15) is 0 Å². The minimum atomic E-state index is -0.573. The second-order valence-electron chi connectivity index (χ2n) is 8.97. The fourth-order valence-corrected chi connectivity index (χ4v) is 4.62. The zero-order chi connectivity index (χ0) is 25.7. The Morgan fingerprint density at radius 2 is 1.67 bits per heavy atom. The fraction of sp³-hybridized carbons (Fsp3) is 0.300. The van der Waals surface area contributed by atoms with Crippen molar-refractivity contribution in [2.75, 3.05) is 6.54 Å². The van der Waals surface area contributed by atoms with Gasteiger partial charge in [-0.15, -0.1) is 0 Å². The molecule has 1 aromatic heterocycles. The van der Waals surface area contributed by atoms with E-state index in [0.717, 1.165) is 36.9 Å². The van der Waals surface area contributed by atoms with Crippen LogP contribution in [0, 0.1) is 5.82 Å². The lowest BCUT2D eigenvalue weighted by molar-refractivity contribution is 0.0672. The van der Waals surface area contributed by atoms with Crippen LogP contribution in [0.5, 0.6) is 0 Å². The lowest BCUT2D eigenvalue weighted by Gasteiger charge is -2.31. The monoisotopic (exact) mass is 485 g/mol. The summed E-state index contributed by atoms with van der Waals surface area (Å²) in [6, 6.07) is 20.5. The van der Waals surface area contributed by atoms with Crippen molar-refractivity contribution in [3.63, 3.8) is 0 Å². The van der Waals surface area contributed by atoms with Crippen LogP contribution in [0.3, 0.4) is 0 Å². The fourth-order valence-electron chi connectivity index (χ4n) is 4.62. The van der Waals surface area contributed by atoms with Crippen molar-refractivity contribution in [1.29, 1.82) is 0 Å². The quantitative estimate of drug-likeness (QED) is 0.255. The number of nitrogens with zero attached hydrogens (tertiary/aromatic N) is 3. The van der Waals surface area contributed by atoms with E-state index in [9.17, 15) is 14.0 Å². The van der Waals surface area contributed by atoms with Gasteiger partial charge in [0.15, 0.2) is 0 Å². The third-order valence-electron chi connectivity index (χ3n) is 6.62. The molecule has 0 spiro atoms. The largest absolute Gasteiger partial charge is 0.329 e. The second-order valence-corrected chi connectivity index (χ2v) is 8.97. The molecule has 0 saturated carbocycles. The number of halogens is 1. The van der Waals surface area contributed by atoms with E-state index >= 15 is 0 Å². The molecule has 1 amide bonds. The van der Waals surface area contributed by atoms with Gasteiger partial charge in [0.25, 0.3) is 11.5 Å². The maximum atomic E-state index is 14.7. The molecule has 0 saturated heterocycles. The molecular weight excluding hydrogens is 453 g/mol. The summed E-state index contributed by atoms with van der Waals surface area (Å²) < 4.78 is 16.3. The number of benzene rings is 3. The van der Waals surface area contributed by atoms with E-state index < -0.39 is 17.8 Å². The van der Waals surface area contributed by atoms with Gasteiger partial charge in [-0.1, -0.05) is 69.2 Å². The molecule has 36 heavy (non-hydrogen) atoms. The van der Waals surface area contributed by atoms with E-state index in [-0.39, 0.29) is 11.1 Å². The van der Waals surface area contributed by atoms with Crippen LogP contribution >= 0.6 is 0 Å². The first-order chi connectivity index (χ1) is 17.5. The number of unbranched alkanes of at least 4 members (excludes halogenated alkanes) is 2. The Balaban J connectivity index is 1.93. The summed E-state index contributed by atoms with van der Waals surface area (Å²) in [4.78, 5) is 34.1. The zero-order valence-electron chi connectivity index (χ0n) is 21.1. The van der Waals surface area contributed by atoms with Crippen molar-refractivity contribution >= 4 is 16.8 Å². The molecule has 0 aliphatic rings. The Kier molecular flexibility index (Phi) is 7.93. The van der Waals surface area contributed by atoms with Gasteiger partial charge >= 0.3 is 0 Å². The summed E-state index contributed by atoms with van der Waals surface area (Å²) in [6.07, 6.45) is 3.42. The van der Waals surface area contributed by atoms with E-state index in [4.69, 9.17) is 4.98 Å². The Bertz CT molecular complexity index is 1430. The van der Waals surface area contributed by atoms with Crippen molar-refractivity contribution in [1.82, 2.24) is 14.5 Å². The molecule has 4 rings (SSSR count). The predicted molar refractivity (Wildman–Crippen MR) is 142 cm³/mol. The molecule has 1 atom stereocenters. The number of fused-ring (bicyclic) bond motifs is 1. The summed E-state index contributed by atoms with van der Waals surface area (Å²) >= 11 is 0. The van der Waals surface area contributed by atoms with E-state index in [2.05, 4.69) is 6.92 Å². The van der Waals surface area contributed by atoms with E-state index in [1.165, 1.54) is 12.1 Å². The zero-order valence-corrected chi connectivity index (χ0v) is 21.1. The number of hydrogen-bond acceptors (Lipinski definition) is 3. The minimum absolute atomic E-state index is 0.0180. The Morgan fingerprint density at radius 1 is 0.972 bits per heavy atom. The highest BCUT2D eigenvalue weighted by atomic mass is 19.1. The molecule has 0 N–H and O–H groups in total. The maximum Gasteiger partial charge on any atom is 0.266 e. The number of para-hydroxylation sites is 2. The molecule has 1 heterocycles. The first-order valence-electron chi connectivity index (χ1n) is 12.6. The van der Waals surface area contributed by atoms with Gasteiger partial charge < -0.3 is 4.90 Å². The van der Waals surface area contributed by atoms with Crippen molar-refractivity contribution in [2.24, 2.45) is 0 Å². The maximum absolute atomic E-state index is 14.7. The van der Waals surface area contributed by atoms with Crippen molar-refractivity contribution in [3.8, 4) is 5.69 Å². The summed E-state index contributed by atoms with van der Waals surface area (Å²) in [7, 11) is 0. The van der Waals surface area contributed by atoms with E-state index in [0.29, 0.717) is 23.3 Å². The molecule has 186 valence electrons. The number of aromatic nitrogens is 2. The molecule has 6 heteroatoms. The van der Waals surface area contributed by atoms with Crippen LogP contribution in [-0.4, -0.2) is 26.9 Å². The molecule has 0 aliphatic heterocycles. The van der Waals surface area contributed by atoms with Crippen molar-refractivity contribution in [3.05, 3.63) is 106 Å². The molecule has 4 aromatic rings. The van der Waals surface area contributed by atoms with Crippen LogP contribution in [0.2, 0.25) is 0 Å². The summed E-state index contributed by atoms with van der Waals surface area (Å²) in [6.45, 7) is 6.43. The summed E-state index contributed by atoms with van der Waals surface area (Å²) in [5.41, 5.74) is 2.15. The van der Waals surface area contributed by atoms with Gasteiger partial charge in [-0.3, -0.25) is 14.2 Å². The summed E-state index contributed by atoms with van der Waals surface area (Å²) in [5.74, 6) is -0.509. The van der Waals surface area contributed by atoms with Crippen LogP contribution < -0.4 is 5.56 Å². The van der Waals surface area contributed by atoms with Gasteiger partial charge in [0.2, 0.25) is 0 Å². The molecule has 5 nitrogen and oxygen atoms in total. The van der Waals surface area contributed by atoms with Gasteiger partial charge in [0.1, 0.15) is 11.6 Å². The van der Waals surface area contributed by atoms with E-state index in [1.807, 2.05) is 56.3 Å². The normalized spacial score (nSPS) is 12.0. The van der Waals surface area contributed by atoms with Crippen molar-refractivity contribution < 1.29 is 9.18 Å². The summed E-state index contributed by atoms with van der Waals surface area (Å²) in [5, 5.41) is 0.511. The molecule has 0 radical (unpaired) electrons. The number of hydrogen-bond donors (Lipinski definition) is 0. The van der Waals surface area contributed by atoms with Crippen LogP contribution in [0.4, 0.5) is 4.39 Å². The first kappa shape index (κ1) is 25.3. The van der Waals surface area contributed by atoms with Crippen molar-refractivity contribution in [2.45, 2.75) is 52.5 Å². The average molecular weight is 486 g/mol. The lowest BCUT2D eigenvalue weighted by Crippen LogP contribution is -2.38. The Morgan fingerprint density at radius 3 is 2.42 bits per heavy atom.